The molecule has 0 fully saturated rings. The quantitative estimate of drug-likeness (QED) is 0.890. The molecule has 0 aliphatic carbocycles. The van der Waals surface area contributed by atoms with E-state index in [1.165, 1.54) is 0 Å². The molecular weight excluding hydrogens is 251 g/mol. The molecule has 1 heterocycles. The molecule has 0 aliphatic heterocycles. The van der Waals surface area contributed by atoms with Crippen LogP contribution in [0.5, 0.6) is 0 Å². The minimum absolute atomic E-state index is 0.447. The Kier molecular flexibility index (Phi) is 3.33. The fourth-order valence-electron chi connectivity index (χ4n) is 1.00. The Morgan fingerprint density at radius 3 is 2.77 bits per heavy atom. The summed E-state index contributed by atoms with van der Waals surface area (Å²) in [7, 11) is 0. The lowest BCUT2D eigenvalue weighted by Crippen LogP contribution is -2.33. The van der Waals surface area contributed by atoms with Gasteiger partial charge in [0.2, 0.25) is 0 Å². The summed E-state index contributed by atoms with van der Waals surface area (Å²) in [5.74, 6) is 0. The highest BCUT2D eigenvalue weighted by Gasteiger charge is 2.23. The Hall–Kier alpha value is -0.120. The molecule has 1 rings (SSSR count). The second-order valence-corrected chi connectivity index (χ2v) is 4.58. The van der Waals surface area contributed by atoms with Crippen LogP contribution < -0.4 is 5.73 Å². The molecule has 13 heavy (non-hydrogen) atoms. The molecule has 1 unspecified atom stereocenters. The van der Waals surface area contributed by atoms with Gasteiger partial charge in [0.25, 0.3) is 0 Å². The van der Waals surface area contributed by atoms with Crippen molar-refractivity contribution in [2.45, 2.75) is 25.8 Å². The summed E-state index contributed by atoms with van der Waals surface area (Å²) >= 11 is 9.32. The predicted molar refractivity (Wildman–Crippen MR) is 58.8 cm³/mol. The molecule has 1 aromatic heterocycles. The lowest BCUT2D eigenvalue weighted by atomic mass is 9.95. The molecule has 0 saturated carbocycles. The maximum absolute atomic E-state index is 6.03. The van der Waals surface area contributed by atoms with Crippen LogP contribution in [0.2, 0.25) is 5.02 Å². The first-order valence-electron chi connectivity index (χ1n) is 4.08. The van der Waals surface area contributed by atoms with Gasteiger partial charge in [-0.1, -0.05) is 18.5 Å². The third kappa shape index (κ3) is 2.42. The second kappa shape index (κ2) is 3.95. The summed E-state index contributed by atoms with van der Waals surface area (Å²) in [6.07, 6.45) is 2.52. The molecule has 72 valence electrons. The first kappa shape index (κ1) is 11.0. The van der Waals surface area contributed by atoms with E-state index < -0.39 is 5.54 Å². The molecule has 2 nitrogen and oxygen atoms in total. The van der Waals surface area contributed by atoms with Gasteiger partial charge >= 0.3 is 0 Å². The average Bonchev–Trinajstić information content (AvgIpc) is 2.03. The third-order valence-corrected chi connectivity index (χ3v) is 2.81. The summed E-state index contributed by atoms with van der Waals surface area (Å²) in [4.78, 5) is 4.22. The van der Waals surface area contributed by atoms with E-state index in [2.05, 4.69) is 20.9 Å². The Labute approximate surface area is 91.6 Å². The number of hydrogen-bond donors (Lipinski definition) is 1. The number of hydrogen-bond acceptors (Lipinski definition) is 2. The van der Waals surface area contributed by atoms with Crippen molar-refractivity contribution in [2.24, 2.45) is 5.73 Å². The molecule has 0 spiro atoms. The first-order valence-corrected chi connectivity index (χ1v) is 5.25. The number of nitrogens with zero attached hydrogens (tertiary/aromatic N) is 1. The zero-order valence-electron chi connectivity index (χ0n) is 7.64. The summed E-state index contributed by atoms with van der Waals surface area (Å²) in [6, 6.07) is 1.81. The normalized spacial score (nSPS) is 15.5. The molecule has 0 saturated heterocycles. The number of aromatic nitrogens is 1. The van der Waals surface area contributed by atoms with Crippen LogP contribution in [0.1, 0.15) is 26.0 Å². The summed E-state index contributed by atoms with van der Waals surface area (Å²) in [5.41, 5.74) is 6.33. The topological polar surface area (TPSA) is 38.9 Å². The van der Waals surface area contributed by atoms with Gasteiger partial charge in [-0.05, 0) is 35.3 Å². The van der Waals surface area contributed by atoms with Crippen molar-refractivity contribution in [1.29, 1.82) is 0 Å². The van der Waals surface area contributed by atoms with Crippen molar-refractivity contribution in [1.82, 2.24) is 4.98 Å². The van der Waals surface area contributed by atoms with Crippen LogP contribution in [0.4, 0.5) is 0 Å². The molecular formula is C9H12BrClN2. The van der Waals surface area contributed by atoms with Crippen molar-refractivity contribution in [3.8, 4) is 0 Å². The van der Waals surface area contributed by atoms with Crippen LogP contribution >= 0.6 is 27.5 Å². The highest BCUT2D eigenvalue weighted by Crippen LogP contribution is 2.28. The van der Waals surface area contributed by atoms with Crippen molar-refractivity contribution in [3.05, 3.63) is 27.5 Å². The van der Waals surface area contributed by atoms with Crippen LogP contribution in [-0.4, -0.2) is 4.98 Å². The number of pyridine rings is 1. The lowest BCUT2D eigenvalue weighted by molar-refractivity contribution is 0.462. The zero-order valence-corrected chi connectivity index (χ0v) is 9.98. The molecule has 0 aromatic carbocycles. The summed E-state index contributed by atoms with van der Waals surface area (Å²) in [5, 5.41) is 0.612. The van der Waals surface area contributed by atoms with Gasteiger partial charge in [0.15, 0.2) is 0 Å². The van der Waals surface area contributed by atoms with E-state index in [9.17, 15) is 0 Å². The molecule has 4 heteroatoms. The van der Waals surface area contributed by atoms with Crippen LogP contribution in [0.3, 0.4) is 0 Å². The van der Waals surface area contributed by atoms with Crippen LogP contribution in [0.25, 0.3) is 0 Å². The van der Waals surface area contributed by atoms with E-state index in [0.29, 0.717) is 5.02 Å². The van der Waals surface area contributed by atoms with E-state index in [1.807, 2.05) is 19.9 Å². The monoisotopic (exact) mass is 262 g/mol. The Balaban J connectivity index is 3.16. The van der Waals surface area contributed by atoms with Gasteiger partial charge in [-0.25, -0.2) is 0 Å². The van der Waals surface area contributed by atoms with Gasteiger partial charge < -0.3 is 5.73 Å². The Morgan fingerprint density at radius 1 is 1.69 bits per heavy atom. The van der Waals surface area contributed by atoms with Gasteiger partial charge in [-0.2, -0.15) is 0 Å². The van der Waals surface area contributed by atoms with Crippen molar-refractivity contribution < 1.29 is 0 Å². The van der Waals surface area contributed by atoms with E-state index >= 15 is 0 Å². The van der Waals surface area contributed by atoms with Gasteiger partial charge in [-0.3, -0.25) is 4.98 Å². The van der Waals surface area contributed by atoms with Crippen LogP contribution in [-0.2, 0) is 5.54 Å². The summed E-state index contributed by atoms with van der Waals surface area (Å²) in [6.45, 7) is 3.94. The maximum atomic E-state index is 6.03. The van der Waals surface area contributed by atoms with Gasteiger partial charge in [-0.15, -0.1) is 0 Å². The van der Waals surface area contributed by atoms with Crippen molar-refractivity contribution >= 4 is 27.5 Å². The standard InChI is InChI=1S/C9H12BrClN2/c1-3-9(2,12)8-7(11)4-6(10)5-13-8/h4-5H,3,12H2,1-2H3. The largest absolute Gasteiger partial charge is 0.320 e. The lowest BCUT2D eigenvalue weighted by Gasteiger charge is -2.22. The fourth-order valence-corrected chi connectivity index (χ4v) is 1.85. The first-order chi connectivity index (χ1) is 5.97. The highest BCUT2D eigenvalue weighted by molar-refractivity contribution is 9.10. The Morgan fingerprint density at radius 2 is 2.31 bits per heavy atom. The zero-order chi connectivity index (χ0) is 10.1. The van der Waals surface area contributed by atoms with Crippen molar-refractivity contribution in [2.75, 3.05) is 0 Å². The van der Waals surface area contributed by atoms with Crippen LogP contribution in [0.15, 0.2) is 16.7 Å². The van der Waals surface area contributed by atoms with E-state index in [-0.39, 0.29) is 0 Å². The number of halogens is 2. The fraction of sp³-hybridized carbons (Fsp3) is 0.444. The number of rotatable bonds is 2. The minimum atomic E-state index is -0.447. The van der Waals surface area contributed by atoms with Crippen LogP contribution in [0, 0.1) is 0 Å². The van der Waals surface area contributed by atoms with Gasteiger partial charge in [0, 0.05) is 10.7 Å². The Bertz CT molecular complexity index is 312. The smallest absolute Gasteiger partial charge is 0.0786 e. The summed E-state index contributed by atoms with van der Waals surface area (Å²) < 4.78 is 0.869. The molecule has 2 N–H and O–H groups in total. The molecule has 0 radical (unpaired) electrons. The van der Waals surface area contributed by atoms with E-state index in [0.717, 1.165) is 16.6 Å². The van der Waals surface area contributed by atoms with E-state index in [4.69, 9.17) is 17.3 Å². The average molecular weight is 264 g/mol. The SMILES string of the molecule is CCC(C)(N)c1ncc(Br)cc1Cl. The van der Waals surface area contributed by atoms with Gasteiger partial charge in [0.05, 0.1) is 16.3 Å². The second-order valence-electron chi connectivity index (χ2n) is 3.25. The maximum Gasteiger partial charge on any atom is 0.0786 e. The number of nitrogens with two attached hydrogens (primary N) is 1. The van der Waals surface area contributed by atoms with Gasteiger partial charge in [0.1, 0.15) is 0 Å². The molecule has 0 bridgehead atoms. The molecule has 1 aromatic rings. The highest BCUT2D eigenvalue weighted by atomic mass is 79.9. The molecule has 0 aliphatic rings. The van der Waals surface area contributed by atoms with E-state index in [1.54, 1.807) is 6.20 Å². The minimum Gasteiger partial charge on any atom is -0.320 e. The van der Waals surface area contributed by atoms with Crippen molar-refractivity contribution in [3.63, 3.8) is 0 Å². The molecule has 0 amide bonds. The predicted octanol–water partition coefficient (Wildman–Crippen LogP) is 3.08. The molecule has 1 atom stereocenters. The third-order valence-electron chi connectivity index (χ3n) is 2.08.